The monoisotopic (exact) mass is 478 g/mol. The summed E-state index contributed by atoms with van der Waals surface area (Å²) in [6.07, 6.45) is 1.59. The van der Waals surface area contributed by atoms with E-state index in [-0.39, 0.29) is 12.4 Å². The van der Waals surface area contributed by atoms with E-state index < -0.39 is 40.5 Å². The summed E-state index contributed by atoms with van der Waals surface area (Å²) in [7, 11) is 0. The van der Waals surface area contributed by atoms with Crippen LogP contribution in [0.5, 0.6) is 0 Å². The summed E-state index contributed by atoms with van der Waals surface area (Å²) in [4.78, 5) is 37.9. The number of carbonyl (C=O) groups is 3. The molecule has 2 rings (SSSR count). The van der Waals surface area contributed by atoms with Crippen LogP contribution in [-0.4, -0.2) is 81.7 Å². The summed E-state index contributed by atoms with van der Waals surface area (Å²) in [5.41, 5.74) is 1.96. The fourth-order valence-corrected chi connectivity index (χ4v) is 3.68. The minimum Gasteiger partial charge on any atom is -0.480 e. The second-order valence-electron chi connectivity index (χ2n) is 8.13. The van der Waals surface area contributed by atoms with Crippen LogP contribution in [0.4, 0.5) is 9.18 Å². The fraction of sp³-hybridized carbons (Fsp3) is 0.722. The van der Waals surface area contributed by atoms with Crippen molar-refractivity contribution in [2.75, 3.05) is 26.2 Å². The van der Waals surface area contributed by atoms with Crippen LogP contribution >= 0.6 is 15.9 Å². The lowest BCUT2D eigenvalue weighted by molar-refractivity contribution is -0.148. The molecule has 3 atom stereocenters. The van der Waals surface area contributed by atoms with Crippen molar-refractivity contribution in [2.45, 2.75) is 56.1 Å². The van der Waals surface area contributed by atoms with E-state index in [2.05, 4.69) is 26.7 Å². The normalized spacial score (nSPS) is 24.4. The van der Waals surface area contributed by atoms with Crippen molar-refractivity contribution in [3.63, 3.8) is 0 Å². The summed E-state index contributed by atoms with van der Waals surface area (Å²) in [5.74, 6) is -1.79. The summed E-state index contributed by atoms with van der Waals surface area (Å²) in [5, 5.41) is 13.0. The molecule has 0 aromatic heterocycles. The number of nitrogens with one attached hydrogen (secondary N) is 2. The zero-order valence-electron chi connectivity index (χ0n) is 16.8. The third kappa shape index (κ3) is 7.23. The molecule has 0 saturated carbocycles. The summed E-state index contributed by atoms with van der Waals surface area (Å²) < 4.78 is 18.9. The fourth-order valence-electron chi connectivity index (χ4n) is 3.09. The standard InChI is InChI=1S/C18H28BrFN4O5/c1-18(2,3)29-17(28)21-14(10-23-8-6-12(20)11(19)9-23)15(25)24-7-4-5-13(22-24)16(26)27/h6,11,13-14,22H,4-5,7-10H2,1-3H3,(H,21,28)(H,26,27)/t11?,13-,14-/m0/s1. The van der Waals surface area contributed by atoms with Gasteiger partial charge in [-0.15, -0.1) is 0 Å². The molecular formula is C18H28BrFN4O5. The van der Waals surface area contributed by atoms with E-state index in [0.29, 0.717) is 32.5 Å². The predicted molar refractivity (Wildman–Crippen MR) is 107 cm³/mol. The predicted octanol–water partition coefficient (Wildman–Crippen LogP) is 1.39. The largest absolute Gasteiger partial charge is 0.480 e. The zero-order valence-corrected chi connectivity index (χ0v) is 18.4. The number of carbonyl (C=O) groups excluding carboxylic acids is 2. The van der Waals surface area contributed by atoms with Crippen molar-refractivity contribution >= 4 is 33.9 Å². The Bertz CT molecular complexity index is 669. The molecule has 1 saturated heterocycles. The van der Waals surface area contributed by atoms with Gasteiger partial charge in [-0.1, -0.05) is 15.9 Å². The van der Waals surface area contributed by atoms with Crippen molar-refractivity contribution in [1.29, 1.82) is 0 Å². The van der Waals surface area contributed by atoms with Gasteiger partial charge in [-0.2, -0.15) is 0 Å². The maximum Gasteiger partial charge on any atom is 0.408 e. The number of rotatable bonds is 5. The van der Waals surface area contributed by atoms with Gasteiger partial charge in [0, 0.05) is 26.2 Å². The van der Waals surface area contributed by atoms with Crippen LogP contribution in [0.1, 0.15) is 33.6 Å². The van der Waals surface area contributed by atoms with Crippen molar-refractivity contribution in [1.82, 2.24) is 20.7 Å². The van der Waals surface area contributed by atoms with E-state index in [1.807, 2.05) is 4.90 Å². The Morgan fingerprint density at radius 1 is 1.45 bits per heavy atom. The third-order valence-electron chi connectivity index (χ3n) is 4.44. The molecule has 1 fully saturated rings. The van der Waals surface area contributed by atoms with E-state index in [0.717, 1.165) is 0 Å². The highest BCUT2D eigenvalue weighted by atomic mass is 79.9. The number of alkyl carbamates (subject to hydrolysis) is 1. The highest BCUT2D eigenvalue weighted by Crippen LogP contribution is 2.20. The Balaban J connectivity index is 2.11. The van der Waals surface area contributed by atoms with E-state index in [1.165, 1.54) is 11.1 Å². The Morgan fingerprint density at radius 2 is 2.14 bits per heavy atom. The number of hydrazine groups is 1. The van der Waals surface area contributed by atoms with Crippen LogP contribution in [0.3, 0.4) is 0 Å². The van der Waals surface area contributed by atoms with Gasteiger partial charge in [0.05, 0.1) is 4.83 Å². The molecule has 0 aromatic rings. The van der Waals surface area contributed by atoms with Crippen LogP contribution in [-0.2, 0) is 14.3 Å². The minimum absolute atomic E-state index is 0.125. The number of hydrogen-bond donors (Lipinski definition) is 3. The topological polar surface area (TPSA) is 111 Å². The molecule has 2 heterocycles. The first-order chi connectivity index (χ1) is 13.5. The highest BCUT2D eigenvalue weighted by Gasteiger charge is 2.35. The first kappa shape index (κ1) is 23.6. The van der Waals surface area contributed by atoms with E-state index in [9.17, 15) is 23.9 Å². The van der Waals surface area contributed by atoms with Gasteiger partial charge in [-0.3, -0.25) is 19.5 Å². The van der Waals surface area contributed by atoms with Crippen LogP contribution in [0.2, 0.25) is 0 Å². The molecule has 2 amide bonds. The lowest BCUT2D eigenvalue weighted by atomic mass is 10.1. The molecule has 0 spiro atoms. The average molecular weight is 479 g/mol. The van der Waals surface area contributed by atoms with Gasteiger partial charge in [0.25, 0.3) is 5.91 Å². The van der Waals surface area contributed by atoms with E-state index >= 15 is 0 Å². The number of alkyl halides is 1. The molecule has 2 aliphatic rings. The molecule has 0 aromatic carbocycles. The zero-order chi connectivity index (χ0) is 21.8. The van der Waals surface area contributed by atoms with Crippen molar-refractivity contribution in [3.8, 4) is 0 Å². The summed E-state index contributed by atoms with van der Waals surface area (Å²) in [6, 6.07) is -1.85. The van der Waals surface area contributed by atoms with Gasteiger partial charge in [-0.25, -0.2) is 14.6 Å². The lowest BCUT2D eigenvalue weighted by Gasteiger charge is -2.36. The average Bonchev–Trinajstić information content (AvgIpc) is 2.62. The van der Waals surface area contributed by atoms with Crippen molar-refractivity contribution in [3.05, 3.63) is 11.9 Å². The first-order valence-corrected chi connectivity index (χ1v) is 10.4. The van der Waals surface area contributed by atoms with Gasteiger partial charge in [0.2, 0.25) is 0 Å². The van der Waals surface area contributed by atoms with Gasteiger partial charge in [0.1, 0.15) is 23.5 Å². The molecule has 0 radical (unpaired) electrons. The second kappa shape index (κ2) is 9.86. The highest BCUT2D eigenvalue weighted by molar-refractivity contribution is 9.09. The van der Waals surface area contributed by atoms with Crippen LogP contribution in [0.25, 0.3) is 0 Å². The number of halogens is 2. The molecule has 9 nitrogen and oxygen atoms in total. The van der Waals surface area contributed by atoms with Crippen LogP contribution in [0, 0.1) is 0 Å². The maximum absolute atomic E-state index is 13.6. The maximum atomic E-state index is 13.6. The second-order valence-corrected chi connectivity index (χ2v) is 9.23. The third-order valence-corrected chi connectivity index (χ3v) is 5.17. The molecule has 11 heteroatoms. The number of nitrogens with zero attached hydrogens (tertiary/aromatic N) is 2. The van der Waals surface area contributed by atoms with Gasteiger partial charge >= 0.3 is 12.1 Å². The Kier molecular flexibility index (Phi) is 8.01. The van der Waals surface area contributed by atoms with Crippen LogP contribution in [0.15, 0.2) is 11.9 Å². The Morgan fingerprint density at radius 3 is 2.72 bits per heavy atom. The molecule has 1 unspecified atom stereocenters. The molecule has 0 aliphatic carbocycles. The number of hydrogen-bond acceptors (Lipinski definition) is 6. The number of amides is 2. The molecule has 3 N–H and O–H groups in total. The number of aliphatic carboxylic acids is 1. The molecule has 29 heavy (non-hydrogen) atoms. The molecule has 2 aliphatic heterocycles. The molecular weight excluding hydrogens is 451 g/mol. The minimum atomic E-state index is -1.04. The number of carboxylic acid groups (broad SMARTS) is 1. The Hall–Kier alpha value is -1.72. The summed E-state index contributed by atoms with van der Waals surface area (Å²) in [6.45, 7) is 6.19. The van der Waals surface area contributed by atoms with Gasteiger partial charge < -0.3 is 15.2 Å². The first-order valence-electron chi connectivity index (χ1n) is 9.48. The number of ether oxygens (including phenoxy) is 1. The van der Waals surface area contributed by atoms with Crippen molar-refractivity contribution in [2.24, 2.45) is 0 Å². The van der Waals surface area contributed by atoms with Gasteiger partial charge in [0.15, 0.2) is 0 Å². The lowest BCUT2D eigenvalue weighted by Crippen LogP contribution is -2.62. The summed E-state index contributed by atoms with van der Waals surface area (Å²) >= 11 is 3.24. The molecule has 164 valence electrons. The smallest absolute Gasteiger partial charge is 0.408 e. The van der Waals surface area contributed by atoms with Gasteiger partial charge in [-0.05, 0) is 39.7 Å². The number of carboxylic acids is 1. The molecule has 0 bridgehead atoms. The Labute approximate surface area is 177 Å². The SMILES string of the molecule is CC(C)(C)OC(=O)N[C@@H](CN1CC=C(F)C(Br)C1)C(=O)N1CCC[C@@H](C(=O)O)N1. The van der Waals surface area contributed by atoms with E-state index in [1.54, 1.807) is 20.8 Å². The van der Waals surface area contributed by atoms with E-state index in [4.69, 9.17) is 4.74 Å². The quantitative estimate of drug-likeness (QED) is 0.511. The van der Waals surface area contributed by atoms with Crippen molar-refractivity contribution < 1.29 is 28.6 Å². The van der Waals surface area contributed by atoms with Crippen LogP contribution < -0.4 is 10.7 Å².